The van der Waals surface area contributed by atoms with Crippen molar-refractivity contribution in [2.75, 3.05) is 45.9 Å². The van der Waals surface area contributed by atoms with E-state index in [4.69, 9.17) is 9.47 Å². The molecule has 3 rings (SSSR count). The van der Waals surface area contributed by atoms with Gasteiger partial charge in [-0.25, -0.2) is 0 Å². The van der Waals surface area contributed by atoms with Crippen molar-refractivity contribution in [1.29, 1.82) is 0 Å². The summed E-state index contributed by atoms with van der Waals surface area (Å²) in [5.41, 5.74) is 1.37. The summed E-state index contributed by atoms with van der Waals surface area (Å²) in [6, 6.07) is 10.6. The van der Waals surface area contributed by atoms with Crippen LogP contribution in [-0.2, 0) is 20.8 Å². The van der Waals surface area contributed by atoms with E-state index in [9.17, 15) is 4.79 Å². The lowest BCUT2D eigenvalue weighted by Gasteiger charge is -2.32. The summed E-state index contributed by atoms with van der Waals surface area (Å²) in [5.74, 6) is -0.0218. The molecule has 2 N–H and O–H groups in total. The number of piperidine rings is 1. The van der Waals surface area contributed by atoms with E-state index >= 15 is 0 Å². The van der Waals surface area contributed by atoms with Gasteiger partial charge in [0.1, 0.15) is 6.10 Å². The first-order valence-corrected chi connectivity index (χ1v) is 9.79. The van der Waals surface area contributed by atoms with E-state index in [0.29, 0.717) is 32.4 Å². The van der Waals surface area contributed by atoms with Gasteiger partial charge in [0, 0.05) is 45.9 Å². The zero-order chi connectivity index (χ0) is 18.0. The van der Waals surface area contributed by atoms with E-state index < -0.39 is 0 Å². The van der Waals surface area contributed by atoms with Crippen molar-refractivity contribution in [1.82, 2.24) is 15.5 Å². The highest BCUT2D eigenvalue weighted by Gasteiger charge is 2.21. The van der Waals surface area contributed by atoms with Crippen molar-refractivity contribution in [2.45, 2.75) is 38.0 Å². The Balaban J connectivity index is 1.22. The molecule has 2 fully saturated rings. The highest BCUT2D eigenvalue weighted by atomic mass is 16.5. The van der Waals surface area contributed by atoms with Crippen LogP contribution in [0.4, 0.5) is 0 Å². The first-order valence-electron chi connectivity index (χ1n) is 9.79. The Morgan fingerprint density at radius 3 is 2.81 bits per heavy atom. The van der Waals surface area contributed by atoms with Gasteiger partial charge in [0.05, 0.1) is 12.7 Å². The van der Waals surface area contributed by atoms with Crippen molar-refractivity contribution in [3.63, 3.8) is 0 Å². The van der Waals surface area contributed by atoms with Gasteiger partial charge in [-0.05, 0) is 24.8 Å². The van der Waals surface area contributed by atoms with Crippen LogP contribution in [0, 0.1) is 0 Å². The van der Waals surface area contributed by atoms with Crippen LogP contribution in [0.15, 0.2) is 30.3 Å². The Morgan fingerprint density at radius 2 is 2.08 bits per heavy atom. The summed E-state index contributed by atoms with van der Waals surface area (Å²) in [6.07, 6.45) is 3.01. The largest absolute Gasteiger partial charge is 0.378 e. The molecule has 0 radical (unpaired) electrons. The standard InChI is InChI=1S/C20H31N3O3/c24-20(19-15-21-10-14-26-19)22-9-4-13-25-18-7-11-23(12-8-18)16-17-5-2-1-3-6-17/h1-3,5-6,18-19,21H,4,7-16H2,(H,22,24). The molecule has 1 amide bonds. The van der Waals surface area contributed by atoms with E-state index in [2.05, 4.69) is 45.9 Å². The average Bonchev–Trinajstić information content (AvgIpc) is 2.70. The van der Waals surface area contributed by atoms with Crippen LogP contribution in [0.2, 0.25) is 0 Å². The van der Waals surface area contributed by atoms with E-state index in [1.165, 1.54) is 5.56 Å². The third-order valence-corrected chi connectivity index (χ3v) is 4.98. The van der Waals surface area contributed by atoms with Gasteiger partial charge in [-0.3, -0.25) is 9.69 Å². The first-order chi connectivity index (χ1) is 12.8. The number of rotatable bonds is 8. The van der Waals surface area contributed by atoms with E-state index in [0.717, 1.165) is 45.4 Å². The van der Waals surface area contributed by atoms with Gasteiger partial charge in [-0.2, -0.15) is 0 Å². The van der Waals surface area contributed by atoms with Crippen molar-refractivity contribution >= 4 is 5.91 Å². The lowest BCUT2D eigenvalue weighted by molar-refractivity contribution is -0.134. The van der Waals surface area contributed by atoms with E-state index in [1.807, 2.05) is 0 Å². The van der Waals surface area contributed by atoms with Crippen LogP contribution in [0.5, 0.6) is 0 Å². The molecule has 1 aromatic rings. The third-order valence-electron chi connectivity index (χ3n) is 4.98. The summed E-state index contributed by atoms with van der Waals surface area (Å²) in [6.45, 7) is 6.57. The van der Waals surface area contributed by atoms with Gasteiger partial charge in [-0.15, -0.1) is 0 Å². The SMILES string of the molecule is O=C(NCCCOC1CCN(Cc2ccccc2)CC1)C1CNCCO1. The Kier molecular flexibility index (Phi) is 7.88. The minimum absolute atomic E-state index is 0.0218. The molecule has 2 aliphatic heterocycles. The van der Waals surface area contributed by atoms with Gasteiger partial charge >= 0.3 is 0 Å². The fraction of sp³-hybridized carbons (Fsp3) is 0.650. The molecule has 2 aliphatic rings. The topological polar surface area (TPSA) is 62.8 Å². The number of hydrogen-bond acceptors (Lipinski definition) is 5. The minimum atomic E-state index is -0.349. The molecule has 144 valence electrons. The number of benzene rings is 1. The normalized spacial score (nSPS) is 22.2. The zero-order valence-electron chi connectivity index (χ0n) is 15.5. The predicted octanol–water partition coefficient (Wildman–Crippen LogP) is 1.16. The second-order valence-corrected chi connectivity index (χ2v) is 7.04. The van der Waals surface area contributed by atoms with Gasteiger partial charge in [0.2, 0.25) is 5.91 Å². The van der Waals surface area contributed by atoms with E-state index in [-0.39, 0.29) is 12.0 Å². The molecular formula is C20H31N3O3. The molecule has 0 spiro atoms. The number of amides is 1. The number of morpholine rings is 1. The molecule has 1 atom stereocenters. The Morgan fingerprint density at radius 1 is 1.27 bits per heavy atom. The smallest absolute Gasteiger partial charge is 0.250 e. The second kappa shape index (κ2) is 10.6. The molecule has 1 aromatic carbocycles. The van der Waals surface area contributed by atoms with Crippen molar-refractivity contribution in [3.05, 3.63) is 35.9 Å². The zero-order valence-corrected chi connectivity index (χ0v) is 15.5. The third kappa shape index (κ3) is 6.36. The molecule has 0 aromatic heterocycles. The highest BCUT2D eigenvalue weighted by Crippen LogP contribution is 2.16. The molecule has 6 nitrogen and oxygen atoms in total. The van der Waals surface area contributed by atoms with Crippen molar-refractivity contribution < 1.29 is 14.3 Å². The Labute approximate surface area is 156 Å². The van der Waals surface area contributed by atoms with Crippen LogP contribution in [0.3, 0.4) is 0 Å². The van der Waals surface area contributed by atoms with Gasteiger partial charge in [-0.1, -0.05) is 30.3 Å². The van der Waals surface area contributed by atoms with Crippen LogP contribution >= 0.6 is 0 Å². The maximum atomic E-state index is 11.9. The summed E-state index contributed by atoms with van der Waals surface area (Å²) >= 11 is 0. The number of ether oxygens (including phenoxy) is 2. The quantitative estimate of drug-likeness (QED) is 0.681. The van der Waals surface area contributed by atoms with Gasteiger partial charge < -0.3 is 20.1 Å². The molecule has 6 heteroatoms. The lowest BCUT2D eigenvalue weighted by Crippen LogP contribution is -2.48. The summed E-state index contributed by atoms with van der Waals surface area (Å²) < 4.78 is 11.4. The highest BCUT2D eigenvalue weighted by molar-refractivity contribution is 5.81. The number of carbonyl (C=O) groups excluding carboxylic acids is 1. The Hall–Kier alpha value is -1.47. The number of likely N-dealkylation sites (tertiary alicyclic amines) is 1. The number of nitrogens with one attached hydrogen (secondary N) is 2. The molecule has 2 heterocycles. The summed E-state index contributed by atoms with van der Waals surface area (Å²) in [5, 5.41) is 6.10. The van der Waals surface area contributed by atoms with Crippen LogP contribution in [0.1, 0.15) is 24.8 Å². The van der Waals surface area contributed by atoms with Crippen LogP contribution < -0.4 is 10.6 Å². The van der Waals surface area contributed by atoms with Gasteiger partial charge in [0.15, 0.2) is 0 Å². The van der Waals surface area contributed by atoms with E-state index in [1.54, 1.807) is 0 Å². The maximum Gasteiger partial charge on any atom is 0.250 e. The average molecular weight is 361 g/mol. The van der Waals surface area contributed by atoms with Crippen LogP contribution in [-0.4, -0.2) is 69.0 Å². The van der Waals surface area contributed by atoms with Crippen molar-refractivity contribution in [2.24, 2.45) is 0 Å². The molecular weight excluding hydrogens is 330 g/mol. The first kappa shape index (κ1) is 19.3. The second-order valence-electron chi connectivity index (χ2n) is 7.04. The predicted molar refractivity (Wildman–Crippen MR) is 101 cm³/mol. The van der Waals surface area contributed by atoms with Crippen LogP contribution in [0.25, 0.3) is 0 Å². The van der Waals surface area contributed by atoms with Gasteiger partial charge in [0.25, 0.3) is 0 Å². The molecule has 0 aliphatic carbocycles. The number of nitrogens with zero attached hydrogens (tertiary/aromatic N) is 1. The number of hydrogen-bond donors (Lipinski definition) is 2. The fourth-order valence-electron chi connectivity index (χ4n) is 3.46. The molecule has 0 bridgehead atoms. The Bertz CT molecular complexity index is 526. The lowest BCUT2D eigenvalue weighted by atomic mass is 10.1. The summed E-state index contributed by atoms with van der Waals surface area (Å²) in [7, 11) is 0. The molecule has 26 heavy (non-hydrogen) atoms. The molecule has 1 unspecified atom stereocenters. The molecule has 2 saturated heterocycles. The number of carbonyl (C=O) groups is 1. The fourth-order valence-corrected chi connectivity index (χ4v) is 3.46. The van der Waals surface area contributed by atoms with Crippen molar-refractivity contribution in [3.8, 4) is 0 Å². The molecule has 0 saturated carbocycles. The maximum absolute atomic E-state index is 11.9. The summed E-state index contributed by atoms with van der Waals surface area (Å²) in [4.78, 5) is 14.4. The minimum Gasteiger partial charge on any atom is -0.378 e. The monoisotopic (exact) mass is 361 g/mol.